The SMILES string of the molecule is Cc1cn[nH]c1NC(=O)c1cccc(Br)c1. The van der Waals surface area contributed by atoms with Gasteiger partial charge in [0.15, 0.2) is 0 Å². The van der Waals surface area contributed by atoms with Gasteiger partial charge in [-0.25, -0.2) is 0 Å². The van der Waals surface area contributed by atoms with Gasteiger partial charge in [0, 0.05) is 15.6 Å². The highest BCUT2D eigenvalue weighted by atomic mass is 79.9. The molecule has 82 valence electrons. The quantitative estimate of drug-likeness (QED) is 0.888. The molecule has 0 radical (unpaired) electrons. The van der Waals surface area contributed by atoms with Crippen molar-refractivity contribution in [2.75, 3.05) is 5.32 Å². The number of halogens is 1. The van der Waals surface area contributed by atoms with Crippen molar-refractivity contribution >= 4 is 27.7 Å². The molecule has 0 unspecified atom stereocenters. The highest BCUT2D eigenvalue weighted by Crippen LogP contribution is 2.14. The zero-order valence-corrected chi connectivity index (χ0v) is 10.2. The van der Waals surface area contributed by atoms with Crippen LogP contribution in [0.2, 0.25) is 0 Å². The summed E-state index contributed by atoms with van der Waals surface area (Å²) in [5.74, 6) is 0.471. The maximum Gasteiger partial charge on any atom is 0.256 e. The van der Waals surface area contributed by atoms with Crippen LogP contribution in [0, 0.1) is 6.92 Å². The summed E-state index contributed by atoms with van der Waals surface area (Å²) in [4.78, 5) is 11.8. The lowest BCUT2D eigenvalue weighted by Crippen LogP contribution is -2.12. The first kappa shape index (κ1) is 10.9. The maximum absolute atomic E-state index is 11.8. The molecule has 2 aromatic rings. The Hall–Kier alpha value is -1.62. The number of hydrogen-bond acceptors (Lipinski definition) is 2. The van der Waals surface area contributed by atoms with Gasteiger partial charge < -0.3 is 5.32 Å². The fourth-order valence-electron chi connectivity index (χ4n) is 1.29. The molecular formula is C11H10BrN3O. The van der Waals surface area contributed by atoms with E-state index in [1.807, 2.05) is 19.1 Å². The second kappa shape index (κ2) is 4.49. The molecule has 0 saturated carbocycles. The molecule has 1 amide bonds. The zero-order valence-electron chi connectivity index (χ0n) is 8.62. The standard InChI is InChI=1S/C11H10BrN3O/c1-7-6-13-15-10(7)14-11(16)8-3-2-4-9(12)5-8/h2-6H,1H3,(H2,13,14,15,16). The first-order chi connectivity index (χ1) is 7.66. The van der Waals surface area contributed by atoms with E-state index in [2.05, 4.69) is 31.4 Å². The van der Waals surface area contributed by atoms with Gasteiger partial charge in [0.05, 0.1) is 6.20 Å². The highest BCUT2D eigenvalue weighted by Gasteiger charge is 2.08. The third-order valence-corrected chi connectivity index (χ3v) is 2.65. The van der Waals surface area contributed by atoms with Crippen LogP contribution in [-0.2, 0) is 0 Å². The molecule has 0 bridgehead atoms. The molecule has 2 N–H and O–H groups in total. The number of benzene rings is 1. The Morgan fingerprint density at radius 1 is 1.50 bits per heavy atom. The fraction of sp³-hybridized carbons (Fsp3) is 0.0909. The first-order valence-corrected chi connectivity index (χ1v) is 5.53. The number of nitrogens with zero attached hydrogens (tertiary/aromatic N) is 1. The largest absolute Gasteiger partial charge is 0.307 e. The van der Waals surface area contributed by atoms with Crippen LogP contribution in [0.15, 0.2) is 34.9 Å². The second-order valence-electron chi connectivity index (χ2n) is 3.39. The van der Waals surface area contributed by atoms with E-state index < -0.39 is 0 Å². The summed E-state index contributed by atoms with van der Waals surface area (Å²) >= 11 is 3.32. The van der Waals surface area contributed by atoms with E-state index in [-0.39, 0.29) is 5.91 Å². The number of carbonyl (C=O) groups excluding carboxylic acids is 1. The van der Waals surface area contributed by atoms with E-state index in [1.54, 1.807) is 18.3 Å². The average Bonchev–Trinajstić information content (AvgIpc) is 2.64. The van der Waals surface area contributed by atoms with Crippen LogP contribution >= 0.6 is 15.9 Å². The molecule has 16 heavy (non-hydrogen) atoms. The minimum Gasteiger partial charge on any atom is -0.307 e. The normalized spacial score (nSPS) is 10.1. The van der Waals surface area contributed by atoms with Gasteiger partial charge in [0.25, 0.3) is 5.91 Å². The fourth-order valence-corrected chi connectivity index (χ4v) is 1.69. The minimum absolute atomic E-state index is 0.159. The molecule has 0 aliphatic heterocycles. The number of aromatic amines is 1. The lowest BCUT2D eigenvalue weighted by molar-refractivity contribution is 0.102. The number of H-pyrrole nitrogens is 1. The Kier molecular flexibility index (Phi) is 3.05. The lowest BCUT2D eigenvalue weighted by Gasteiger charge is -2.03. The summed E-state index contributed by atoms with van der Waals surface area (Å²) in [5, 5.41) is 9.32. The van der Waals surface area contributed by atoms with Crippen molar-refractivity contribution in [1.82, 2.24) is 10.2 Å². The van der Waals surface area contributed by atoms with Crippen molar-refractivity contribution in [1.29, 1.82) is 0 Å². The van der Waals surface area contributed by atoms with E-state index in [0.717, 1.165) is 10.0 Å². The molecule has 5 heteroatoms. The summed E-state index contributed by atoms with van der Waals surface area (Å²) < 4.78 is 0.876. The van der Waals surface area contributed by atoms with Crippen LogP contribution in [0.25, 0.3) is 0 Å². The van der Waals surface area contributed by atoms with Crippen LogP contribution in [0.1, 0.15) is 15.9 Å². The summed E-state index contributed by atoms with van der Waals surface area (Å²) in [6, 6.07) is 7.21. The molecule has 0 atom stereocenters. The zero-order chi connectivity index (χ0) is 11.5. The van der Waals surface area contributed by atoms with Crippen molar-refractivity contribution in [2.45, 2.75) is 6.92 Å². The topological polar surface area (TPSA) is 57.8 Å². The maximum atomic E-state index is 11.8. The molecular weight excluding hydrogens is 270 g/mol. The first-order valence-electron chi connectivity index (χ1n) is 4.73. The molecule has 0 aliphatic rings. The Labute approximate surface area is 101 Å². The molecule has 0 spiro atoms. The number of anilines is 1. The molecule has 0 saturated heterocycles. The van der Waals surface area contributed by atoms with Gasteiger partial charge in [-0.2, -0.15) is 5.10 Å². The van der Waals surface area contributed by atoms with Gasteiger partial charge in [-0.3, -0.25) is 9.89 Å². The van der Waals surface area contributed by atoms with Crippen LogP contribution in [0.5, 0.6) is 0 Å². The second-order valence-corrected chi connectivity index (χ2v) is 4.31. The van der Waals surface area contributed by atoms with E-state index in [9.17, 15) is 4.79 Å². The Morgan fingerprint density at radius 3 is 2.94 bits per heavy atom. The predicted molar refractivity (Wildman–Crippen MR) is 65.4 cm³/mol. The smallest absolute Gasteiger partial charge is 0.256 e. The molecule has 1 aromatic heterocycles. The van der Waals surface area contributed by atoms with Crippen molar-refractivity contribution in [3.05, 3.63) is 46.1 Å². The third kappa shape index (κ3) is 2.30. The van der Waals surface area contributed by atoms with Crippen LogP contribution < -0.4 is 5.32 Å². The van der Waals surface area contributed by atoms with Gasteiger partial charge in [0.2, 0.25) is 0 Å². The number of carbonyl (C=O) groups is 1. The van der Waals surface area contributed by atoms with Gasteiger partial charge in [-0.05, 0) is 25.1 Å². The molecule has 0 fully saturated rings. The predicted octanol–water partition coefficient (Wildman–Crippen LogP) is 2.73. The summed E-state index contributed by atoms with van der Waals surface area (Å²) in [6.45, 7) is 1.88. The van der Waals surface area contributed by atoms with E-state index in [4.69, 9.17) is 0 Å². The van der Waals surface area contributed by atoms with Gasteiger partial charge in [-0.15, -0.1) is 0 Å². The number of hydrogen-bond donors (Lipinski definition) is 2. The summed E-state index contributed by atoms with van der Waals surface area (Å²) in [5.41, 5.74) is 1.51. The number of aryl methyl sites for hydroxylation is 1. The number of amides is 1. The van der Waals surface area contributed by atoms with Gasteiger partial charge in [-0.1, -0.05) is 22.0 Å². The summed E-state index contributed by atoms with van der Waals surface area (Å²) in [6.07, 6.45) is 1.66. The number of rotatable bonds is 2. The van der Waals surface area contributed by atoms with Crippen LogP contribution in [0.4, 0.5) is 5.82 Å². The molecule has 2 rings (SSSR count). The van der Waals surface area contributed by atoms with Crippen molar-refractivity contribution in [3.63, 3.8) is 0 Å². The molecule has 0 aliphatic carbocycles. The number of aromatic nitrogens is 2. The third-order valence-electron chi connectivity index (χ3n) is 2.15. The average molecular weight is 280 g/mol. The lowest BCUT2D eigenvalue weighted by atomic mass is 10.2. The number of nitrogens with one attached hydrogen (secondary N) is 2. The van der Waals surface area contributed by atoms with E-state index in [1.165, 1.54) is 0 Å². The van der Waals surface area contributed by atoms with E-state index in [0.29, 0.717) is 11.4 Å². The highest BCUT2D eigenvalue weighted by molar-refractivity contribution is 9.10. The molecule has 4 nitrogen and oxygen atoms in total. The van der Waals surface area contributed by atoms with Crippen molar-refractivity contribution in [3.8, 4) is 0 Å². The van der Waals surface area contributed by atoms with E-state index >= 15 is 0 Å². The van der Waals surface area contributed by atoms with Crippen molar-refractivity contribution < 1.29 is 4.79 Å². The van der Waals surface area contributed by atoms with Crippen LogP contribution in [0.3, 0.4) is 0 Å². The minimum atomic E-state index is -0.159. The monoisotopic (exact) mass is 279 g/mol. The Morgan fingerprint density at radius 2 is 2.31 bits per heavy atom. The summed E-state index contributed by atoms with van der Waals surface area (Å²) in [7, 11) is 0. The molecule has 1 heterocycles. The van der Waals surface area contributed by atoms with Crippen LogP contribution in [-0.4, -0.2) is 16.1 Å². The molecule has 1 aromatic carbocycles. The van der Waals surface area contributed by atoms with Gasteiger partial charge >= 0.3 is 0 Å². The van der Waals surface area contributed by atoms with Crippen molar-refractivity contribution in [2.24, 2.45) is 0 Å². The Bertz CT molecular complexity index is 521. The van der Waals surface area contributed by atoms with Gasteiger partial charge in [0.1, 0.15) is 5.82 Å². The Balaban J connectivity index is 2.18.